The maximum Gasteiger partial charge on any atom is 0.419 e. The standard InChI is InChI=1S/C55H63N5O8S/c1-6-7-8-9-10-11-12-13-14-15-16-21-32-66-48-25-20-19-24-44(48)56-54(62)43-36-50(41-22-17-18-23-42(41)53(43)61)68-49-31-26-38(33-47(49)60(64)65)37-67-55(63)59-45-29-27-39(57(2)3)34-51(45)69-52-35-40(58(4)5)28-30-46(52)59/h17-20,22-31,33-36,61H,6-16,21,32,37H2,1-5H3,(H,56,62). The lowest BCUT2D eigenvalue weighted by Gasteiger charge is -2.32. The van der Waals surface area contributed by atoms with Gasteiger partial charge in [-0.15, -0.1) is 0 Å². The number of ether oxygens (including phenoxy) is 3. The molecule has 1 aliphatic rings. The van der Waals surface area contributed by atoms with Crippen LogP contribution in [0.2, 0.25) is 0 Å². The first-order valence-electron chi connectivity index (χ1n) is 23.9. The number of nitrogens with one attached hydrogen (secondary N) is 1. The van der Waals surface area contributed by atoms with Gasteiger partial charge in [0.2, 0.25) is 5.75 Å². The third-order valence-corrected chi connectivity index (χ3v) is 13.3. The maximum absolute atomic E-state index is 14.0. The molecule has 0 bridgehead atoms. The highest BCUT2D eigenvalue weighted by Crippen LogP contribution is 2.50. The Bertz CT molecular complexity index is 2700. The summed E-state index contributed by atoms with van der Waals surface area (Å²) in [4.78, 5) is 47.3. The fourth-order valence-corrected chi connectivity index (χ4v) is 9.47. The van der Waals surface area contributed by atoms with Crippen LogP contribution in [-0.4, -0.2) is 56.8 Å². The Morgan fingerprint density at radius 2 is 1.26 bits per heavy atom. The first-order chi connectivity index (χ1) is 33.4. The Kier molecular flexibility index (Phi) is 17.3. The van der Waals surface area contributed by atoms with E-state index < -0.39 is 16.9 Å². The summed E-state index contributed by atoms with van der Waals surface area (Å²) >= 11 is 1.57. The second-order valence-electron chi connectivity index (χ2n) is 17.8. The molecule has 2 amide bonds. The van der Waals surface area contributed by atoms with Crippen molar-refractivity contribution in [2.24, 2.45) is 0 Å². The highest BCUT2D eigenvalue weighted by atomic mass is 32.2. The van der Waals surface area contributed by atoms with Gasteiger partial charge in [0.15, 0.2) is 0 Å². The van der Waals surface area contributed by atoms with Crippen molar-refractivity contribution in [3.05, 3.63) is 130 Å². The zero-order valence-corrected chi connectivity index (χ0v) is 41.1. The molecule has 0 unspecified atom stereocenters. The van der Waals surface area contributed by atoms with Crippen LogP contribution >= 0.6 is 11.8 Å². The molecule has 0 radical (unpaired) electrons. The lowest BCUT2D eigenvalue weighted by molar-refractivity contribution is -0.385. The van der Waals surface area contributed by atoms with Crippen LogP contribution in [0.25, 0.3) is 10.8 Å². The normalized spacial score (nSPS) is 11.7. The van der Waals surface area contributed by atoms with Crippen LogP contribution in [0.5, 0.6) is 23.0 Å². The molecule has 6 aromatic rings. The Balaban J connectivity index is 1.02. The van der Waals surface area contributed by atoms with Gasteiger partial charge in [-0.05, 0) is 72.6 Å². The Labute approximate surface area is 409 Å². The van der Waals surface area contributed by atoms with E-state index in [9.17, 15) is 24.8 Å². The van der Waals surface area contributed by atoms with Crippen LogP contribution in [0.3, 0.4) is 0 Å². The Morgan fingerprint density at radius 3 is 1.87 bits per heavy atom. The van der Waals surface area contributed by atoms with Crippen molar-refractivity contribution in [2.75, 3.05) is 54.8 Å². The molecular weight excluding hydrogens is 891 g/mol. The van der Waals surface area contributed by atoms with E-state index in [0.717, 1.165) is 40.4 Å². The van der Waals surface area contributed by atoms with Gasteiger partial charge in [0.25, 0.3) is 5.91 Å². The van der Waals surface area contributed by atoms with Crippen LogP contribution in [0, 0.1) is 10.1 Å². The number of nitrogens with zero attached hydrogens (tertiary/aromatic N) is 4. The van der Waals surface area contributed by atoms with Gasteiger partial charge in [-0.25, -0.2) is 9.69 Å². The van der Waals surface area contributed by atoms with Gasteiger partial charge < -0.3 is 34.4 Å². The van der Waals surface area contributed by atoms with Crippen LogP contribution in [0.15, 0.2) is 119 Å². The number of hydrogen-bond acceptors (Lipinski definition) is 11. The largest absolute Gasteiger partial charge is 0.506 e. The minimum Gasteiger partial charge on any atom is -0.506 e. The molecule has 69 heavy (non-hydrogen) atoms. The van der Waals surface area contributed by atoms with Crippen molar-refractivity contribution < 1.29 is 33.8 Å². The van der Waals surface area contributed by atoms with E-state index in [4.69, 9.17) is 14.2 Å². The van der Waals surface area contributed by atoms with E-state index in [-0.39, 0.29) is 35.1 Å². The average molecular weight is 954 g/mol. The topological polar surface area (TPSA) is 147 Å². The fraction of sp³-hybridized carbons (Fsp3) is 0.345. The molecular formula is C55H63N5O8S. The van der Waals surface area contributed by atoms with Crippen molar-refractivity contribution in [3.8, 4) is 23.0 Å². The molecule has 0 saturated heterocycles. The quantitative estimate of drug-likeness (QED) is 0.0359. The van der Waals surface area contributed by atoms with Crippen molar-refractivity contribution in [2.45, 2.75) is 100 Å². The maximum atomic E-state index is 14.0. The molecule has 1 aliphatic heterocycles. The number of para-hydroxylation sites is 2. The summed E-state index contributed by atoms with van der Waals surface area (Å²) in [6.45, 7) is 2.48. The number of rotatable bonds is 23. The first kappa shape index (κ1) is 50.0. The highest BCUT2D eigenvalue weighted by Gasteiger charge is 2.31. The molecule has 14 heteroatoms. The summed E-state index contributed by atoms with van der Waals surface area (Å²) in [5.74, 6) is -0.384. The number of phenols is 1. The molecule has 0 aromatic heterocycles. The number of nitro benzene ring substituents is 1. The zero-order chi connectivity index (χ0) is 48.9. The van der Waals surface area contributed by atoms with Gasteiger partial charge >= 0.3 is 11.8 Å². The molecule has 0 atom stereocenters. The number of nitro groups is 1. The molecule has 1 heterocycles. The molecule has 7 rings (SSSR count). The van der Waals surface area contributed by atoms with Crippen molar-refractivity contribution in [3.63, 3.8) is 0 Å². The van der Waals surface area contributed by atoms with E-state index in [1.807, 2.05) is 80.5 Å². The molecule has 0 fully saturated rings. The zero-order valence-electron chi connectivity index (χ0n) is 40.3. The predicted octanol–water partition coefficient (Wildman–Crippen LogP) is 14.6. The van der Waals surface area contributed by atoms with Crippen molar-refractivity contribution in [1.82, 2.24) is 0 Å². The third-order valence-electron chi connectivity index (χ3n) is 12.2. The number of amides is 2. The molecule has 13 nitrogen and oxygen atoms in total. The molecule has 0 aliphatic carbocycles. The van der Waals surface area contributed by atoms with Crippen molar-refractivity contribution in [1.29, 1.82) is 0 Å². The lowest BCUT2D eigenvalue weighted by atomic mass is 10.0. The second kappa shape index (κ2) is 23.9. The molecule has 6 aromatic carbocycles. The van der Waals surface area contributed by atoms with Crippen molar-refractivity contribution >= 4 is 68.7 Å². The van der Waals surface area contributed by atoms with E-state index >= 15 is 0 Å². The van der Waals surface area contributed by atoms with Gasteiger partial charge in [0.05, 0.1) is 34.2 Å². The number of aromatic hydroxyl groups is 1. The van der Waals surface area contributed by atoms with Gasteiger partial charge in [0, 0.05) is 66.2 Å². The van der Waals surface area contributed by atoms with Crippen LogP contribution in [0.4, 0.5) is 38.9 Å². The van der Waals surface area contributed by atoms with Crippen LogP contribution in [-0.2, 0) is 11.3 Å². The van der Waals surface area contributed by atoms with E-state index in [1.165, 1.54) is 80.9 Å². The first-order valence-corrected chi connectivity index (χ1v) is 24.8. The number of hydrogen-bond donors (Lipinski definition) is 2. The number of fused-ring (bicyclic) bond motifs is 3. The van der Waals surface area contributed by atoms with Gasteiger partial charge in [-0.1, -0.05) is 132 Å². The summed E-state index contributed by atoms with van der Waals surface area (Å²) < 4.78 is 18.3. The number of carbonyl (C=O) groups is 2. The highest BCUT2D eigenvalue weighted by molar-refractivity contribution is 7.99. The number of carbonyl (C=O) groups excluding carboxylic acids is 2. The third kappa shape index (κ3) is 12.6. The van der Waals surface area contributed by atoms with Gasteiger partial charge in [0.1, 0.15) is 23.9 Å². The van der Waals surface area contributed by atoms with Crippen LogP contribution in [0.1, 0.15) is 99.9 Å². The SMILES string of the molecule is CCCCCCCCCCCCCCOc1ccccc1NC(=O)c1cc(Oc2ccc(COC(=O)N3c4ccc(N(C)C)cc4Sc4cc(N(C)C)ccc43)cc2[N+](=O)[O-])c2ccccc2c1O. The Morgan fingerprint density at radius 1 is 0.681 bits per heavy atom. The second-order valence-corrected chi connectivity index (χ2v) is 18.8. The van der Waals surface area contributed by atoms with Gasteiger partial charge in [-0.2, -0.15) is 0 Å². The summed E-state index contributed by atoms with van der Waals surface area (Å²) in [6.07, 6.45) is 14.2. The lowest BCUT2D eigenvalue weighted by Crippen LogP contribution is -2.29. The minimum atomic E-state index is -0.647. The van der Waals surface area contributed by atoms with Crippen LogP contribution < -0.4 is 29.5 Å². The summed E-state index contributed by atoms with van der Waals surface area (Å²) in [5.41, 5.74) is 3.58. The molecule has 362 valence electrons. The monoisotopic (exact) mass is 953 g/mol. The smallest absolute Gasteiger partial charge is 0.419 e. The van der Waals surface area contributed by atoms with E-state index in [2.05, 4.69) is 12.2 Å². The van der Waals surface area contributed by atoms with Gasteiger partial charge in [-0.3, -0.25) is 14.9 Å². The minimum absolute atomic E-state index is 0.0965. The number of anilines is 5. The van der Waals surface area contributed by atoms with E-state index in [1.54, 1.807) is 60.3 Å². The number of phenolic OH excluding ortho intramolecular Hbond substituents is 1. The Hall–Kier alpha value is -6.93. The fourth-order valence-electron chi connectivity index (χ4n) is 8.34. The average Bonchev–Trinajstić information content (AvgIpc) is 3.34. The summed E-state index contributed by atoms with van der Waals surface area (Å²) in [6, 6.07) is 31.3. The molecule has 0 saturated carbocycles. The number of benzene rings is 6. The molecule has 0 spiro atoms. The summed E-state index contributed by atoms with van der Waals surface area (Å²) in [5, 5.41) is 27.7. The van der Waals surface area contributed by atoms with E-state index in [0.29, 0.717) is 45.8 Å². The predicted molar refractivity (Wildman–Crippen MR) is 278 cm³/mol. The summed E-state index contributed by atoms with van der Waals surface area (Å²) in [7, 11) is 7.82. The number of unbranched alkanes of at least 4 members (excludes halogenated alkanes) is 11. The molecule has 2 N–H and O–H groups in total.